The number of nitrogens with zero attached hydrogens (tertiary/aromatic N) is 2. The molecule has 1 aromatic carbocycles. The summed E-state index contributed by atoms with van der Waals surface area (Å²) in [4.78, 5) is 7.83. The van der Waals surface area contributed by atoms with Crippen LogP contribution in [0.25, 0.3) is 0 Å². The molecule has 4 heteroatoms. The molecule has 4 nitrogen and oxygen atoms in total. The maximum Gasteiger partial charge on any atom is 0.323 e. The lowest BCUT2D eigenvalue weighted by molar-refractivity contribution is 0.443. The van der Waals surface area contributed by atoms with Gasteiger partial charge in [-0.15, -0.1) is 0 Å². The van der Waals surface area contributed by atoms with E-state index in [4.69, 9.17) is 10.5 Å². The molecule has 2 rings (SSSR count). The number of hydrogen-bond donors (Lipinski definition) is 1. The van der Waals surface area contributed by atoms with Gasteiger partial charge in [0.05, 0.1) is 0 Å². The minimum Gasteiger partial charge on any atom is -0.424 e. The van der Waals surface area contributed by atoms with Gasteiger partial charge < -0.3 is 10.5 Å². The molecule has 0 saturated carbocycles. The number of hydrogen-bond acceptors (Lipinski definition) is 4. The van der Waals surface area contributed by atoms with Crippen LogP contribution >= 0.6 is 0 Å². The third kappa shape index (κ3) is 1.98. The van der Waals surface area contributed by atoms with Crippen molar-refractivity contribution in [2.24, 2.45) is 0 Å². The Balaban J connectivity index is 2.19. The van der Waals surface area contributed by atoms with E-state index in [1.54, 1.807) is 12.3 Å². The molecular weight excluding hydrogens is 178 g/mol. The Hall–Kier alpha value is -2.10. The number of anilines is 1. The lowest BCUT2D eigenvalue weighted by Gasteiger charge is -2.02. The number of rotatable bonds is 2. The zero-order valence-electron chi connectivity index (χ0n) is 7.42. The molecule has 0 unspecified atom stereocenters. The number of nitrogens with two attached hydrogens (primary N) is 1. The molecular formula is C10H9N3O. The summed E-state index contributed by atoms with van der Waals surface area (Å²) >= 11 is 0. The van der Waals surface area contributed by atoms with Gasteiger partial charge in [0.2, 0.25) is 0 Å². The summed E-state index contributed by atoms with van der Waals surface area (Å²) in [5.41, 5.74) is 5.48. The number of para-hydroxylation sites is 1. The molecule has 0 aliphatic rings. The molecule has 0 bridgehead atoms. The maximum absolute atomic E-state index is 5.48. The van der Waals surface area contributed by atoms with Crippen molar-refractivity contribution in [3.8, 4) is 11.8 Å². The second-order valence-corrected chi connectivity index (χ2v) is 2.68. The smallest absolute Gasteiger partial charge is 0.323 e. The highest BCUT2D eigenvalue weighted by molar-refractivity contribution is 5.29. The minimum atomic E-state index is 0.260. The van der Waals surface area contributed by atoms with Crippen LogP contribution in [0.5, 0.6) is 11.8 Å². The summed E-state index contributed by atoms with van der Waals surface area (Å²) < 4.78 is 5.36. The molecule has 70 valence electrons. The second kappa shape index (κ2) is 3.74. The standard InChI is InChI=1S/C10H9N3O/c11-9-6-7-12-10(13-9)14-8-4-2-1-3-5-8/h1-7H,(H2,11,12,13). The van der Waals surface area contributed by atoms with Crippen molar-refractivity contribution in [2.45, 2.75) is 0 Å². The average Bonchev–Trinajstić information content (AvgIpc) is 2.19. The number of aromatic nitrogens is 2. The van der Waals surface area contributed by atoms with Crippen molar-refractivity contribution in [2.75, 3.05) is 5.73 Å². The highest BCUT2D eigenvalue weighted by Crippen LogP contribution is 2.16. The van der Waals surface area contributed by atoms with Crippen LogP contribution in [0, 0.1) is 0 Å². The molecule has 0 atom stereocenters. The number of nitrogen functional groups attached to an aromatic ring is 1. The predicted octanol–water partition coefficient (Wildman–Crippen LogP) is 1.85. The second-order valence-electron chi connectivity index (χ2n) is 2.68. The van der Waals surface area contributed by atoms with Crippen LogP contribution in [0.3, 0.4) is 0 Å². The fraction of sp³-hybridized carbons (Fsp3) is 0. The Kier molecular flexibility index (Phi) is 2.27. The van der Waals surface area contributed by atoms with Crippen molar-refractivity contribution in [3.63, 3.8) is 0 Å². The summed E-state index contributed by atoms with van der Waals surface area (Å²) in [6.45, 7) is 0. The van der Waals surface area contributed by atoms with Crippen molar-refractivity contribution in [3.05, 3.63) is 42.6 Å². The summed E-state index contributed by atoms with van der Waals surface area (Å²) in [5, 5.41) is 0. The lowest BCUT2D eigenvalue weighted by atomic mass is 10.3. The van der Waals surface area contributed by atoms with E-state index in [1.807, 2.05) is 30.3 Å². The molecule has 0 radical (unpaired) electrons. The Morgan fingerprint density at radius 2 is 1.86 bits per heavy atom. The van der Waals surface area contributed by atoms with Crippen LogP contribution < -0.4 is 10.5 Å². The van der Waals surface area contributed by atoms with E-state index in [0.717, 1.165) is 0 Å². The van der Waals surface area contributed by atoms with Crippen molar-refractivity contribution in [1.29, 1.82) is 0 Å². The molecule has 0 aliphatic carbocycles. The summed E-state index contributed by atoms with van der Waals surface area (Å²) in [6, 6.07) is 11.2. The number of ether oxygens (including phenoxy) is 1. The molecule has 2 aromatic rings. The first-order valence-electron chi connectivity index (χ1n) is 4.16. The van der Waals surface area contributed by atoms with Crippen molar-refractivity contribution in [1.82, 2.24) is 9.97 Å². The lowest BCUT2D eigenvalue weighted by Crippen LogP contribution is -1.95. The highest BCUT2D eigenvalue weighted by atomic mass is 16.5. The summed E-state index contributed by atoms with van der Waals surface area (Å²) in [7, 11) is 0. The maximum atomic E-state index is 5.48. The van der Waals surface area contributed by atoms with E-state index in [0.29, 0.717) is 11.6 Å². The van der Waals surface area contributed by atoms with Crippen LogP contribution in [0.1, 0.15) is 0 Å². The minimum absolute atomic E-state index is 0.260. The van der Waals surface area contributed by atoms with Gasteiger partial charge in [0, 0.05) is 6.20 Å². The van der Waals surface area contributed by atoms with Gasteiger partial charge in [-0.3, -0.25) is 0 Å². The van der Waals surface area contributed by atoms with Gasteiger partial charge in [-0.05, 0) is 18.2 Å². The third-order valence-electron chi connectivity index (χ3n) is 1.61. The van der Waals surface area contributed by atoms with Crippen molar-refractivity contribution >= 4 is 5.82 Å². The van der Waals surface area contributed by atoms with Crippen LogP contribution in [-0.4, -0.2) is 9.97 Å². The van der Waals surface area contributed by atoms with Gasteiger partial charge >= 0.3 is 6.01 Å². The molecule has 0 fully saturated rings. The van der Waals surface area contributed by atoms with E-state index in [2.05, 4.69) is 9.97 Å². The third-order valence-corrected chi connectivity index (χ3v) is 1.61. The predicted molar refractivity (Wildman–Crippen MR) is 53.0 cm³/mol. The molecule has 0 saturated heterocycles. The van der Waals surface area contributed by atoms with Crippen LogP contribution in [0.15, 0.2) is 42.6 Å². The normalized spacial score (nSPS) is 9.71. The van der Waals surface area contributed by atoms with Gasteiger partial charge in [0.1, 0.15) is 11.6 Å². The van der Waals surface area contributed by atoms with Gasteiger partial charge in [-0.2, -0.15) is 4.98 Å². The topological polar surface area (TPSA) is 61.0 Å². The van der Waals surface area contributed by atoms with Crippen molar-refractivity contribution < 1.29 is 4.74 Å². The molecule has 2 N–H and O–H groups in total. The van der Waals surface area contributed by atoms with E-state index in [-0.39, 0.29) is 6.01 Å². The van der Waals surface area contributed by atoms with Crippen LogP contribution in [-0.2, 0) is 0 Å². The van der Waals surface area contributed by atoms with Crippen LogP contribution in [0.2, 0.25) is 0 Å². The quantitative estimate of drug-likeness (QED) is 0.779. The van der Waals surface area contributed by atoms with Gasteiger partial charge in [-0.1, -0.05) is 18.2 Å². The fourth-order valence-corrected chi connectivity index (χ4v) is 0.997. The van der Waals surface area contributed by atoms with Gasteiger partial charge in [0.15, 0.2) is 0 Å². The van der Waals surface area contributed by atoms with E-state index in [9.17, 15) is 0 Å². The van der Waals surface area contributed by atoms with E-state index in [1.165, 1.54) is 0 Å². The SMILES string of the molecule is Nc1ccnc(Oc2ccccc2)n1. The zero-order chi connectivity index (χ0) is 9.80. The highest BCUT2D eigenvalue weighted by Gasteiger charge is 1.98. The summed E-state index contributed by atoms with van der Waals surface area (Å²) in [5.74, 6) is 1.09. The molecule has 0 amide bonds. The Bertz CT molecular complexity index is 417. The zero-order valence-corrected chi connectivity index (χ0v) is 7.42. The molecule has 0 aliphatic heterocycles. The van der Waals surface area contributed by atoms with E-state index < -0.39 is 0 Å². The van der Waals surface area contributed by atoms with Gasteiger partial charge in [-0.25, -0.2) is 4.98 Å². The molecule has 0 spiro atoms. The molecule has 1 aromatic heterocycles. The first-order chi connectivity index (χ1) is 6.84. The molecule has 14 heavy (non-hydrogen) atoms. The molecule has 1 heterocycles. The first kappa shape index (κ1) is 8.50. The monoisotopic (exact) mass is 187 g/mol. The van der Waals surface area contributed by atoms with E-state index >= 15 is 0 Å². The largest absolute Gasteiger partial charge is 0.424 e. The first-order valence-corrected chi connectivity index (χ1v) is 4.16. The average molecular weight is 187 g/mol. The Morgan fingerprint density at radius 1 is 1.07 bits per heavy atom. The fourth-order valence-electron chi connectivity index (χ4n) is 0.997. The summed E-state index contributed by atoms with van der Waals surface area (Å²) in [6.07, 6.45) is 1.56. The number of benzene rings is 1. The van der Waals surface area contributed by atoms with Crippen LogP contribution in [0.4, 0.5) is 5.82 Å². The van der Waals surface area contributed by atoms with Gasteiger partial charge in [0.25, 0.3) is 0 Å². The Morgan fingerprint density at radius 3 is 2.57 bits per heavy atom. The Labute approximate surface area is 81.4 Å².